The molecular weight excluding hydrogens is 280 g/mol. The molecule has 122 valence electrons. The van der Waals surface area contributed by atoms with Crippen molar-refractivity contribution in [3.63, 3.8) is 0 Å². The van der Waals surface area contributed by atoms with Crippen molar-refractivity contribution in [2.75, 3.05) is 27.2 Å². The van der Waals surface area contributed by atoms with Gasteiger partial charge >= 0.3 is 6.09 Å². The third-order valence-electron chi connectivity index (χ3n) is 2.99. The number of benzene rings is 1. The van der Waals surface area contributed by atoms with Crippen LogP contribution in [0.3, 0.4) is 0 Å². The van der Waals surface area contributed by atoms with Gasteiger partial charge in [0.2, 0.25) is 5.91 Å². The van der Waals surface area contributed by atoms with E-state index in [0.29, 0.717) is 13.0 Å². The number of likely N-dealkylation sites (N-methyl/N-ethyl adjacent to an activating group) is 1. The Hall–Kier alpha value is -2.04. The van der Waals surface area contributed by atoms with Crippen molar-refractivity contribution >= 4 is 12.0 Å². The van der Waals surface area contributed by atoms with Crippen molar-refractivity contribution in [1.29, 1.82) is 0 Å². The number of amides is 2. The van der Waals surface area contributed by atoms with Gasteiger partial charge in [-0.3, -0.25) is 9.69 Å². The van der Waals surface area contributed by atoms with Crippen LogP contribution in [0.15, 0.2) is 30.3 Å². The number of rotatable bonds is 5. The van der Waals surface area contributed by atoms with Gasteiger partial charge in [0, 0.05) is 20.6 Å². The van der Waals surface area contributed by atoms with Gasteiger partial charge in [0.05, 0.1) is 0 Å². The topological polar surface area (TPSA) is 49.9 Å². The minimum absolute atomic E-state index is 0.0226. The van der Waals surface area contributed by atoms with Gasteiger partial charge in [-0.1, -0.05) is 30.3 Å². The van der Waals surface area contributed by atoms with E-state index in [0.717, 1.165) is 5.56 Å². The average Bonchev–Trinajstić information content (AvgIpc) is 2.42. The molecule has 0 unspecified atom stereocenters. The van der Waals surface area contributed by atoms with Gasteiger partial charge in [0.15, 0.2) is 0 Å². The molecule has 0 bridgehead atoms. The lowest BCUT2D eigenvalue weighted by atomic mass is 10.1. The number of carbonyl (C=O) groups is 2. The standard InChI is InChI=1S/C17H26N2O3/c1-17(2,3)22-16(21)19(13-15(20)18(4)5)12-11-14-9-7-6-8-10-14/h6-10H,11-13H2,1-5H3. The largest absolute Gasteiger partial charge is 0.444 e. The quantitative estimate of drug-likeness (QED) is 0.840. The number of ether oxygens (including phenoxy) is 1. The van der Waals surface area contributed by atoms with E-state index in [2.05, 4.69) is 0 Å². The number of nitrogens with zero attached hydrogens (tertiary/aromatic N) is 2. The highest BCUT2D eigenvalue weighted by Crippen LogP contribution is 2.11. The van der Waals surface area contributed by atoms with E-state index < -0.39 is 11.7 Å². The van der Waals surface area contributed by atoms with E-state index in [1.54, 1.807) is 14.1 Å². The molecule has 0 aliphatic carbocycles. The molecule has 5 heteroatoms. The van der Waals surface area contributed by atoms with Crippen molar-refractivity contribution in [3.8, 4) is 0 Å². The highest BCUT2D eigenvalue weighted by atomic mass is 16.6. The van der Waals surface area contributed by atoms with E-state index in [9.17, 15) is 9.59 Å². The zero-order valence-electron chi connectivity index (χ0n) is 14.1. The van der Waals surface area contributed by atoms with E-state index in [1.165, 1.54) is 9.80 Å². The van der Waals surface area contributed by atoms with Gasteiger partial charge in [-0.25, -0.2) is 4.79 Å². The zero-order valence-corrected chi connectivity index (χ0v) is 14.1. The third kappa shape index (κ3) is 6.61. The van der Waals surface area contributed by atoms with Crippen LogP contribution in [0.2, 0.25) is 0 Å². The first kappa shape index (κ1) is 18.0. The molecule has 0 heterocycles. The maximum Gasteiger partial charge on any atom is 0.410 e. The molecule has 2 amide bonds. The fourth-order valence-electron chi connectivity index (χ4n) is 1.77. The smallest absolute Gasteiger partial charge is 0.410 e. The van der Waals surface area contributed by atoms with Crippen LogP contribution in [0, 0.1) is 0 Å². The van der Waals surface area contributed by atoms with Crippen LogP contribution in [0.4, 0.5) is 4.79 Å². The normalized spacial score (nSPS) is 11.0. The molecule has 0 spiro atoms. The Morgan fingerprint density at radius 1 is 1.09 bits per heavy atom. The summed E-state index contributed by atoms with van der Waals surface area (Å²) < 4.78 is 5.39. The SMILES string of the molecule is CN(C)C(=O)CN(CCc1ccccc1)C(=O)OC(C)(C)C. The summed E-state index contributed by atoms with van der Waals surface area (Å²) in [6.07, 6.45) is 0.222. The summed E-state index contributed by atoms with van der Waals surface area (Å²) >= 11 is 0. The molecule has 0 radical (unpaired) electrons. The second-order valence-corrected chi connectivity index (χ2v) is 6.43. The average molecular weight is 306 g/mol. The summed E-state index contributed by atoms with van der Waals surface area (Å²) in [5.74, 6) is -0.126. The zero-order chi connectivity index (χ0) is 16.8. The van der Waals surface area contributed by atoms with Gasteiger partial charge < -0.3 is 9.64 Å². The van der Waals surface area contributed by atoms with Gasteiger partial charge in [0.1, 0.15) is 12.1 Å². The Morgan fingerprint density at radius 2 is 1.68 bits per heavy atom. The maximum atomic E-state index is 12.3. The molecule has 0 aliphatic rings. The van der Waals surface area contributed by atoms with Crippen LogP contribution < -0.4 is 0 Å². The van der Waals surface area contributed by atoms with Crippen LogP contribution in [0.1, 0.15) is 26.3 Å². The van der Waals surface area contributed by atoms with Crippen LogP contribution in [0.5, 0.6) is 0 Å². The van der Waals surface area contributed by atoms with E-state index in [4.69, 9.17) is 4.74 Å². The summed E-state index contributed by atoms with van der Waals surface area (Å²) in [4.78, 5) is 27.1. The molecule has 5 nitrogen and oxygen atoms in total. The molecule has 1 aromatic carbocycles. The second-order valence-electron chi connectivity index (χ2n) is 6.43. The Balaban J connectivity index is 2.73. The van der Waals surface area contributed by atoms with Crippen molar-refractivity contribution in [3.05, 3.63) is 35.9 Å². The van der Waals surface area contributed by atoms with E-state index >= 15 is 0 Å². The summed E-state index contributed by atoms with van der Waals surface area (Å²) in [5.41, 5.74) is 0.539. The molecule has 0 atom stereocenters. The summed E-state index contributed by atoms with van der Waals surface area (Å²) in [6, 6.07) is 9.86. The lowest BCUT2D eigenvalue weighted by Gasteiger charge is -2.28. The Bertz CT molecular complexity index is 492. The highest BCUT2D eigenvalue weighted by molar-refractivity contribution is 5.82. The fourth-order valence-corrected chi connectivity index (χ4v) is 1.77. The number of hydrogen-bond donors (Lipinski definition) is 0. The van der Waals surface area contributed by atoms with Gasteiger partial charge in [-0.05, 0) is 32.8 Å². The molecule has 0 saturated heterocycles. The monoisotopic (exact) mass is 306 g/mol. The Morgan fingerprint density at radius 3 is 2.18 bits per heavy atom. The van der Waals surface area contributed by atoms with E-state index in [-0.39, 0.29) is 12.5 Å². The molecule has 0 aromatic heterocycles. The van der Waals surface area contributed by atoms with Crippen molar-refractivity contribution < 1.29 is 14.3 Å². The van der Waals surface area contributed by atoms with Crippen molar-refractivity contribution in [2.24, 2.45) is 0 Å². The van der Waals surface area contributed by atoms with Crippen LogP contribution in [-0.4, -0.2) is 54.6 Å². The van der Waals surface area contributed by atoms with Gasteiger partial charge in [-0.15, -0.1) is 0 Å². The number of carbonyl (C=O) groups excluding carboxylic acids is 2. The first-order chi connectivity index (χ1) is 10.2. The summed E-state index contributed by atoms with van der Waals surface area (Å²) in [7, 11) is 3.35. The molecule has 0 N–H and O–H groups in total. The van der Waals surface area contributed by atoms with Crippen LogP contribution in [0.25, 0.3) is 0 Å². The first-order valence-electron chi connectivity index (χ1n) is 7.41. The first-order valence-corrected chi connectivity index (χ1v) is 7.41. The summed E-state index contributed by atoms with van der Waals surface area (Å²) in [5, 5.41) is 0. The predicted molar refractivity (Wildman–Crippen MR) is 86.6 cm³/mol. The lowest BCUT2D eigenvalue weighted by Crippen LogP contribution is -2.43. The second kappa shape index (κ2) is 7.82. The lowest BCUT2D eigenvalue weighted by molar-refractivity contribution is -0.129. The number of hydrogen-bond acceptors (Lipinski definition) is 3. The van der Waals surface area contributed by atoms with Gasteiger partial charge in [-0.2, -0.15) is 0 Å². The Labute approximate surface area is 132 Å². The molecule has 22 heavy (non-hydrogen) atoms. The maximum absolute atomic E-state index is 12.3. The molecular formula is C17H26N2O3. The molecule has 1 rings (SSSR count). The predicted octanol–water partition coefficient (Wildman–Crippen LogP) is 2.55. The third-order valence-corrected chi connectivity index (χ3v) is 2.99. The van der Waals surface area contributed by atoms with Crippen molar-refractivity contribution in [1.82, 2.24) is 9.80 Å². The molecule has 0 aliphatic heterocycles. The van der Waals surface area contributed by atoms with Crippen LogP contribution >= 0.6 is 0 Å². The van der Waals surface area contributed by atoms with Gasteiger partial charge in [0.25, 0.3) is 0 Å². The fraction of sp³-hybridized carbons (Fsp3) is 0.529. The minimum Gasteiger partial charge on any atom is -0.444 e. The molecule has 0 fully saturated rings. The molecule has 1 aromatic rings. The van der Waals surface area contributed by atoms with Crippen LogP contribution in [-0.2, 0) is 16.0 Å². The summed E-state index contributed by atoms with van der Waals surface area (Å²) in [6.45, 7) is 5.91. The minimum atomic E-state index is -0.580. The Kier molecular flexibility index (Phi) is 6.40. The van der Waals surface area contributed by atoms with E-state index in [1.807, 2.05) is 51.1 Å². The van der Waals surface area contributed by atoms with Crippen molar-refractivity contribution in [2.45, 2.75) is 32.8 Å². The molecule has 0 saturated carbocycles. The highest BCUT2D eigenvalue weighted by Gasteiger charge is 2.24.